The third kappa shape index (κ3) is 6.47. The second-order valence-corrected chi connectivity index (χ2v) is 4.31. The van der Waals surface area contributed by atoms with Gasteiger partial charge in [-0.1, -0.05) is 0 Å². The molecule has 0 bridgehead atoms. The first-order chi connectivity index (χ1) is 7.22. The largest absolute Gasteiger partial charge is 0.396 e. The molecule has 0 spiro atoms. The lowest BCUT2D eigenvalue weighted by Crippen LogP contribution is -2.34. The minimum atomic E-state index is 0.105. The Labute approximate surface area is 91.4 Å². The van der Waals surface area contributed by atoms with Gasteiger partial charge in [0.05, 0.1) is 0 Å². The molecule has 0 aromatic carbocycles. The van der Waals surface area contributed by atoms with Crippen LogP contribution in [0.2, 0.25) is 0 Å². The Bertz CT molecular complexity index is 193. The Hall–Kier alpha value is -0.610. The first-order valence-electron chi connectivity index (χ1n) is 5.86. The van der Waals surface area contributed by atoms with E-state index < -0.39 is 0 Å². The summed E-state index contributed by atoms with van der Waals surface area (Å²) in [5, 5.41) is 14.9. The Morgan fingerprint density at radius 2 is 2.27 bits per heavy atom. The molecular weight excluding hydrogens is 192 g/mol. The highest BCUT2D eigenvalue weighted by atomic mass is 16.2. The molecular formula is C11H22N2O2. The topological polar surface area (TPSA) is 61.4 Å². The van der Waals surface area contributed by atoms with Crippen molar-refractivity contribution in [2.24, 2.45) is 0 Å². The minimum absolute atomic E-state index is 0.105. The smallest absolute Gasteiger partial charge is 0.221 e. The molecule has 4 heteroatoms. The van der Waals surface area contributed by atoms with Crippen LogP contribution in [-0.2, 0) is 4.79 Å². The van der Waals surface area contributed by atoms with Crippen LogP contribution in [0, 0.1) is 0 Å². The molecule has 15 heavy (non-hydrogen) atoms. The van der Waals surface area contributed by atoms with Crippen LogP contribution in [0.1, 0.15) is 39.0 Å². The molecule has 3 N–H and O–H groups in total. The maximum atomic E-state index is 11.4. The number of carbonyl (C=O) groups is 1. The van der Waals surface area contributed by atoms with Crippen LogP contribution in [0.25, 0.3) is 0 Å². The van der Waals surface area contributed by atoms with Gasteiger partial charge in [0, 0.05) is 31.7 Å². The van der Waals surface area contributed by atoms with Crippen LogP contribution >= 0.6 is 0 Å². The summed E-state index contributed by atoms with van der Waals surface area (Å²) in [6.07, 6.45) is 4.67. The van der Waals surface area contributed by atoms with Crippen molar-refractivity contribution in [2.45, 2.75) is 51.1 Å². The Morgan fingerprint density at radius 1 is 1.53 bits per heavy atom. The van der Waals surface area contributed by atoms with Crippen molar-refractivity contribution in [3.63, 3.8) is 0 Å². The molecule has 0 aromatic rings. The van der Waals surface area contributed by atoms with Gasteiger partial charge in [-0.25, -0.2) is 0 Å². The van der Waals surface area contributed by atoms with Crippen LogP contribution < -0.4 is 10.6 Å². The Kier molecular flexibility index (Phi) is 5.65. The van der Waals surface area contributed by atoms with Crippen molar-refractivity contribution in [3.05, 3.63) is 0 Å². The number of aliphatic hydroxyl groups excluding tert-OH is 1. The van der Waals surface area contributed by atoms with Crippen LogP contribution in [0.4, 0.5) is 0 Å². The highest BCUT2D eigenvalue weighted by Gasteiger charge is 2.20. The van der Waals surface area contributed by atoms with Crippen LogP contribution in [-0.4, -0.2) is 36.2 Å². The van der Waals surface area contributed by atoms with Crippen molar-refractivity contribution in [1.29, 1.82) is 0 Å². The quantitative estimate of drug-likeness (QED) is 0.548. The normalized spacial score (nSPS) is 17.5. The van der Waals surface area contributed by atoms with Crippen LogP contribution in [0.15, 0.2) is 0 Å². The van der Waals surface area contributed by atoms with Crippen molar-refractivity contribution < 1.29 is 9.90 Å². The molecule has 1 saturated carbocycles. The van der Waals surface area contributed by atoms with Crippen molar-refractivity contribution in [3.8, 4) is 0 Å². The number of nitrogens with one attached hydrogen (secondary N) is 2. The van der Waals surface area contributed by atoms with E-state index in [9.17, 15) is 4.79 Å². The highest BCUT2D eigenvalue weighted by Crippen LogP contribution is 2.18. The molecule has 0 saturated heterocycles. The average molecular weight is 214 g/mol. The fraction of sp³-hybridized carbons (Fsp3) is 0.909. The first kappa shape index (κ1) is 12.5. The molecule has 0 radical (unpaired) electrons. The first-order valence-corrected chi connectivity index (χ1v) is 5.86. The van der Waals surface area contributed by atoms with Gasteiger partial charge in [-0.05, 0) is 32.6 Å². The maximum Gasteiger partial charge on any atom is 0.221 e. The van der Waals surface area contributed by atoms with Crippen molar-refractivity contribution in [1.82, 2.24) is 10.6 Å². The van der Waals surface area contributed by atoms with Gasteiger partial charge in [-0.15, -0.1) is 0 Å². The van der Waals surface area contributed by atoms with Gasteiger partial charge in [0.1, 0.15) is 0 Å². The van der Waals surface area contributed by atoms with Gasteiger partial charge in [0.25, 0.3) is 0 Å². The highest BCUT2D eigenvalue weighted by molar-refractivity contribution is 5.76. The summed E-state index contributed by atoms with van der Waals surface area (Å²) in [5.41, 5.74) is 0. The lowest BCUT2D eigenvalue weighted by atomic mass is 10.2. The molecule has 1 fully saturated rings. The lowest BCUT2D eigenvalue weighted by Gasteiger charge is -2.13. The van der Waals surface area contributed by atoms with E-state index in [4.69, 9.17) is 5.11 Å². The summed E-state index contributed by atoms with van der Waals surface area (Å²) in [7, 11) is 0. The summed E-state index contributed by atoms with van der Waals surface area (Å²) >= 11 is 0. The standard InChI is InChI=1S/C11H22N2O2/c1-9(3-2-8-14)13-11(15)6-7-12-10-4-5-10/h9-10,12,14H,2-8H2,1H3,(H,13,15). The third-order valence-electron chi connectivity index (χ3n) is 2.57. The van der Waals surface area contributed by atoms with E-state index in [1.807, 2.05) is 6.92 Å². The molecule has 1 unspecified atom stereocenters. The summed E-state index contributed by atoms with van der Waals surface area (Å²) < 4.78 is 0. The Morgan fingerprint density at radius 3 is 2.87 bits per heavy atom. The molecule has 1 rings (SSSR count). The van der Waals surface area contributed by atoms with E-state index in [-0.39, 0.29) is 18.6 Å². The average Bonchev–Trinajstić information content (AvgIpc) is 2.98. The minimum Gasteiger partial charge on any atom is -0.396 e. The number of rotatable bonds is 8. The van der Waals surface area contributed by atoms with E-state index in [2.05, 4.69) is 10.6 Å². The van der Waals surface area contributed by atoms with Crippen molar-refractivity contribution >= 4 is 5.91 Å². The molecule has 0 aliphatic heterocycles. The fourth-order valence-corrected chi connectivity index (χ4v) is 1.49. The predicted octanol–water partition coefficient (Wildman–Crippen LogP) is 0.406. The van der Waals surface area contributed by atoms with Gasteiger partial charge in [-0.3, -0.25) is 4.79 Å². The zero-order chi connectivity index (χ0) is 11.1. The lowest BCUT2D eigenvalue weighted by molar-refractivity contribution is -0.121. The summed E-state index contributed by atoms with van der Waals surface area (Å²) in [6.45, 7) is 2.95. The molecule has 0 heterocycles. The monoisotopic (exact) mass is 214 g/mol. The SMILES string of the molecule is CC(CCCO)NC(=O)CCNC1CC1. The third-order valence-corrected chi connectivity index (χ3v) is 2.57. The van der Waals surface area contributed by atoms with Gasteiger partial charge >= 0.3 is 0 Å². The second-order valence-electron chi connectivity index (χ2n) is 4.31. The van der Waals surface area contributed by atoms with Crippen LogP contribution in [0.5, 0.6) is 0 Å². The Balaban J connectivity index is 1.95. The number of carbonyl (C=O) groups excluding carboxylic acids is 1. The molecule has 4 nitrogen and oxygen atoms in total. The molecule has 1 aliphatic rings. The van der Waals surface area contributed by atoms with E-state index in [0.29, 0.717) is 12.5 Å². The molecule has 1 amide bonds. The number of amides is 1. The molecule has 1 aliphatic carbocycles. The summed E-state index contributed by atoms with van der Waals surface area (Å²) in [6, 6.07) is 0.843. The molecule has 0 aromatic heterocycles. The van der Waals surface area contributed by atoms with Gasteiger partial charge in [0.2, 0.25) is 5.91 Å². The second kappa shape index (κ2) is 6.80. The zero-order valence-electron chi connectivity index (χ0n) is 9.46. The predicted molar refractivity (Wildman–Crippen MR) is 59.6 cm³/mol. The van der Waals surface area contributed by atoms with Gasteiger partial charge in [-0.2, -0.15) is 0 Å². The summed E-state index contributed by atoms with van der Waals surface area (Å²) in [4.78, 5) is 11.4. The number of hydrogen-bond donors (Lipinski definition) is 3. The number of hydrogen-bond acceptors (Lipinski definition) is 3. The fourth-order valence-electron chi connectivity index (χ4n) is 1.49. The summed E-state index contributed by atoms with van der Waals surface area (Å²) in [5.74, 6) is 0.105. The van der Waals surface area contributed by atoms with Crippen LogP contribution in [0.3, 0.4) is 0 Å². The van der Waals surface area contributed by atoms with Crippen molar-refractivity contribution in [2.75, 3.05) is 13.2 Å². The number of aliphatic hydroxyl groups is 1. The van der Waals surface area contributed by atoms with E-state index in [0.717, 1.165) is 19.4 Å². The van der Waals surface area contributed by atoms with E-state index in [1.54, 1.807) is 0 Å². The van der Waals surface area contributed by atoms with Gasteiger partial charge in [0.15, 0.2) is 0 Å². The zero-order valence-corrected chi connectivity index (χ0v) is 9.46. The van der Waals surface area contributed by atoms with Gasteiger partial charge < -0.3 is 15.7 Å². The molecule has 88 valence electrons. The van der Waals surface area contributed by atoms with E-state index in [1.165, 1.54) is 12.8 Å². The molecule has 1 atom stereocenters. The van der Waals surface area contributed by atoms with E-state index >= 15 is 0 Å². The maximum absolute atomic E-state index is 11.4.